The molecule has 0 radical (unpaired) electrons. The first-order chi connectivity index (χ1) is 8.22. The van der Waals surface area contributed by atoms with Gasteiger partial charge in [-0.15, -0.1) is 0 Å². The number of carboxylic acid groups (broad SMARTS) is 1. The predicted molar refractivity (Wildman–Crippen MR) is 59.1 cm³/mol. The van der Waals surface area contributed by atoms with E-state index in [4.69, 9.17) is 14.9 Å². The number of aliphatic hydroxyl groups is 1. The fraction of sp³-hybridized carbons (Fsp3) is 0.636. The lowest BCUT2D eigenvalue weighted by Crippen LogP contribution is -2.17. The van der Waals surface area contributed by atoms with Crippen LogP contribution in [0.2, 0.25) is 0 Å². The van der Waals surface area contributed by atoms with E-state index in [0.29, 0.717) is 25.5 Å². The Bertz CT molecular complexity index is 396. The lowest BCUT2D eigenvalue weighted by molar-refractivity contribution is 0.0684. The lowest BCUT2D eigenvalue weighted by atomic mass is 9.94. The van der Waals surface area contributed by atoms with Crippen molar-refractivity contribution in [3.05, 3.63) is 17.5 Å². The monoisotopic (exact) mass is 240 g/mol. The molecule has 0 spiro atoms. The van der Waals surface area contributed by atoms with E-state index in [2.05, 4.69) is 5.10 Å². The number of aromatic carboxylic acids is 1. The molecule has 0 saturated carbocycles. The van der Waals surface area contributed by atoms with Gasteiger partial charge in [-0.05, 0) is 12.8 Å². The van der Waals surface area contributed by atoms with Gasteiger partial charge >= 0.3 is 5.97 Å². The van der Waals surface area contributed by atoms with Crippen molar-refractivity contribution in [3.8, 4) is 0 Å². The predicted octanol–water partition coefficient (Wildman–Crippen LogP) is 0.468. The van der Waals surface area contributed by atoms with Gasteiger partial charge in [0, 0.05) is 25.3 Å². The van der Waals surface area contributed by atoms with Crippen molar-refractivity contribution in [2.75, 3.05) is 19.8 Å². The summed E-state index contributed by atoms with van der Waals surface area (Å²) in [5.41, 5.74) is 0.861. The van der Waals surface area contributed by atoms with E-state index >= 15 is 0 Å². The van der Waals surface area contributed by atoms with E-state index in [1.165, 1.54) is 10.9 Å². The van der Waals surface area contributed by atoms with Gasteiger partial charge in [0.05, 0.1) is 18.8 Å². The smallest absolute Gasteiger partial charge is 0.339 e. The summed E-state index contributed by atoms with van der Waals surface area (Å²) in [7, 11) is 0. The summed E-state index contributed by atoms with van der Waals surface area (Å²) in [5, 5.41) is 22.2. The number of nitrogens with zero attached hydrogens (tertiary/aromatic N) is 2. The van der Waals surface area contributed by atoms with Crippen LogP contribution in [0.3, 0.4) is 0 Å². The lowest BCUT2D eigenvalue weighted by Gasteiger charge is -2.20. The largest absolute Gasteiger partial charge is 0.478 e. The summed E-state index contributed by atoms with van der Waals surface area (Å²) in [5.74, 6) is -0.814. The Labute approximate surface area is 98.8 Å². The first-order valence-electron chi connectivity index (χ1n) is 5.71. The molecule has 0 unspecified atom stereocenters. The van der Waals surface area contributed by atoms with Crippen LogP contribution in [0.15, 0.2) is 6.20 Å². The molecule has 0 aromatic carbocycles. The van der Waals surface area contributed by atoms with Crippen molar-refractivity contribution >= 4 is 5.97 Å². The number of rotatable bonds is 4. The fourth-order valence-corrected chi connectivity index (χ4v) is 2.09. The molecule has 1 aliphatic heterocycles. The zero-order valence-corrected chi connectivity index (χ0v) is 9.50. The fourth-order valence-electron chi connectivity index (χ4n) is 2.09. The van der Waals surface area contributed by atoms with E-state index in [-0.39, 0.29) is 18.1 Å². The first kappa shape index (κ1) is 12.1. The quantitative estimate of drug-likeness (QED) is 0.799. The molecule has 0 amide bonds. The molecule has 6 nitrogen and oxygen atoms in total. The molecule has 0 bridgehead atoms. The summed E-state index contributed by atoms with van der Waals surface area (Å²) in [4.78, 5) is 11.1. The minimum atomic E-state index is -0.962. The van der Waals surface area contributed by atoms with Crippen LogP contribution in [-0.4, -0.2) is 45.8 Å². The van der Waals surface area contributed by atoms with Crippen LogP contribution in [0.25, 0.3) is 0 Å². The number of hydrogen-bond acceptors (Lipinski definition) is 4. The molecule has 2 rings (SSSR count). The van der Waals surface area contributed by atoms with Gasteiger partial charge in [0.2, 0.25) is 0 Å². The molecular weight excluding hydrogens is 224 g/mol. The molecule has 2 heterocycles. The molecule has 94 valence electrons. The average Bonchev–Trinajstić information content (AvgIpc) is 2.75. The SMILES string of the molecule is O=C(O)c1cn(CCO)nc1C1CCOCC1. The number of hydrogen-bond donors (Lipinski definition) is 2. The first-order valence-corrected chi connectivity index (χ1v) is 5.71. The van der Waals surface area contributed by atoms with Crippen LogP contribution >= 0.6 is 0 Å². The minimum absolute atomic E-state index is 0.0477. The van der Waals surface area contributed by atoms with Gasteiger partial charge in [-0.1, -0.05) is 0 Å². The van der Waals surface area contributed by atoms with Gasteiger partial charge in [-0.25, -0.2) is 4.79 Å². The Morgan fingerprint density at radius 1 is 1.53 bits per heavy atom. The summed E-state index contributed by atoms with van der Waals surface area (Å²) in [6, 6.07) is 0. The van der Waals surface area contributed by atoms with Crippen LogP contribution in [0, 0.1) is 0 Å². The zero-order chi connectivity index (χ0) is 12.3. The van der Waals surface area contributed by atoms with Crippen molar-refractivity contribution in [2.45, 2.75) is 25.3 Å². The number of aliphatic hydroxyl groups excluding tert-OH is 1. The molecule has 0 aliphatic carbocycles. The Hall–Kier alpha value is -1.40. The van der Waals surface area contributed by atoms with Crippen LogP contribution in [-0.2, 0) is 11.3 Å². The molecular formula is C11H16N2O4. The average molecular weight is 240 g/mol. The van der Waals surface area contributed by atoms with E-state index in [1.807, 2.05) is 0 Å². The molecule has 17 heavy (non-hydrogen) atoms. The van der Waals surface area contributed by atoms with Gasteiger partial charge in [0.1, 0.15) is 5.56 Å². The van der Waals surface area contributed by atoms with Crippen LogP contribution < -0.4 is 0 Å². The minimum Gasteiger partial charge on any atom is -0.478 e. The molecule has 1 fully saturated rings. The third-order valence-electron chi connectivity index (χ3n) is 2.96. The van der Waals surface area contributed by atoms with Gasteiger partial charge in [0.25, 0.3) is 0 Å². The molecule has 1 saturated heterocycles. The number of aromatic nitrogens is 2. The van der Waals surface area contributed by atoms with Gasteiger partial charge in [-0.2, -0.15) is 5.10 Å². The Morgan fingerprint density at radius 3 is 2.82 bits per heavy atom. The van der Waals surface area contributed by atoms with E-state index in [1.54, 1.807) is 0 Å². The summed E-state index contributed by atoms with van der Waals surface area (Å²) in [6.45, 7) is 1.57. The van der Waals surface area contributed by atoms with E-state index in [9.17, 15) is 4.79 Å². The maximum absolute atomic E-state index is 11.1. The Kier molecular flexibility index (Phi) is 3.75. The van der Waals surface area contributed by atoms with Gasteiger partial charge in [0.15, 0.2) is 0 Å². The highest BCUT2D eigenvalue weighted by atomic mass is 16.5. The van der Waals surface area contributed by atoms with E-state index < -0.39 is 5.97 Å². The topological polar surface area (TPSA) is 84.6 Å². The van der Waals surface area contributed by atoms with Gasteiger partial charge < -0.3 is 14.9 Å². The van der Waals surface area contributed by atoms with Crippen molar-refractivity contribution in [3.63, 3.8) is 0 Å². The molecule has 1 aromatic rings. The van der Waals surface area contributed by atoms with Crippen molar-refractivity contribution < 1.29 is 19.7 Å². The highest BCUT2D eigenvalue weighted by molar-refractivity contribution is 5.88. The van der Waals surface area contributed by atoms with Crippen molar-refractivity contribution in [1.29, 1.82) is 0 Å². The Balaban J connectivity index is 2.26. The standard InChI is InChI=1S/C11H16N2O4/c14-4-3-13-7-9(11(15)16)10(12-13)8-1-5-17-6-2-8/h7-8,14H,1-6H2,(H,15,16). The van der Waals surface area contributed by atoms with Gasteiger partial charge in [-0.3, -0.25) is 4.68 Å². The second-order valence-electron chi connectivity index (χ2n) is 4.11. The van der Waals surface area contributed by atoms with E-state index in [0.717, 1.165) is 12.8 Å². The molecule has 1 aliphatic rings. The highest BCUT2D eigenvalue weighted by Gasteiger charge is 2.25. The number of carboxylic acids is 1. The second kappa shape index (κ2) is 5.29. The van der Waals surface area contributed by atoms with Crippen molar-refractivity contribution in [1.82, 2.24) is 9.78 Å². The number of carbonyl (C=O) groups is 1. The highest BCUT2D eigenvalue weighted by Crippen LogP contribution is 2.28. The maximum Gasteiger partial charge on any atom is 0.339 e. The third-order valence-corrected chi connectivity index (χ3v) is 2.96. The van der Waals surface area contributed by atoms with Crippen LogP contribution in [0.5, 0.6) is 0 Å². The molecule has 2 N–H and O–H groups in total. The Morgan fingerprint density at radius 2 is 2.24 bits per heavy atom. The van der Waals surface area contributed by atoms with Crippen LogP contribution in [0.4, 0.5) is 0 Å². The molecule has 1 aromatic heterocycles. The zero-order valence-electron chi connectivity index (χ0n) is 9.50. The normalized spacial score (nSPS) is 17.2. The van der Waals surface area contributed by atoms with Crippen molar-refractivity contribution in [2.24, 2.45) is 0 Å². The molecule has 0 atom stereocenters. The second-order valence-corrected chi connectivity index (χ2v) is 4.11. The maximum atomic E-state index is 11.1. The molecule has 6 heteroatoms. The third kappa shape index (κ3) is 2.65. The summed E-state index contributed by atoms with van der Waals surface area (Å²) in [6.07, 6.45) is 3.09. The van der Waals surface area contributed by atoms with Crippen LogP contribution in [0.1, 0.15) is 34.8 Å². The summed E-state index contributed by atoms with van der Waals surface area (Å²) >= 11 is 0. The summed E-state index contributed by atoms with van der Waals surface area (Å²) < 4.78 is 6.75. The number of ether oxygens (including phenoxy) is 1.